The van der Waals surface area contributed by atoms with Gasteiger partial charge in [-0.3, -0.25) is 0 Å². The molecule has 0 spiro atoms. The molecule has 2 heteroatoms. The molecule has 1 unspecified atom stereocenters. The molecule has 0 N–H and O–H groups in total. The van der Waals surface area contributed by atoms with Gasteiger partial charge in [0.15, 0.2) is 0 Å². The molecular formula is C37H22O2. The molecular weight excluding hydrogens is 476 g/mol. The number of furan rings is 1. The predicted octanol–water partition coefficient (Wildman–Crippen LogP) is 10.2. The van der Waals surface area contributed by atoms with Crippen LogP contribution in [0.25, 0.3) is 55.3 Å². The van der Waals surface area contributed by atoms with E-state index in [2.05, 4.69) is 115 Å². The van der Waals surface area contributed by atoms with Gasteiger partial charge in [-0.05, 0) is 63.7 Å². The molecule has 1 atom stereocenters. The molecule has 0 saturated heterocycles. The summed E-state index contributed by atoms with van der Waals surface area (Å²) in [5, 5.41) is 2.29. The van der Waals surface area contributed by atoms with Gasteiger partial charge in [-0.15, -0.1) is 0 Å². The van der Waals surface area contributed by atoms with Crippen LogP contribution in [0.15, 0.2) is 132 Å². The van der Waals surface area contributed by atoms with Crippen molar-refractivity contribution in [3.63, 3.8) is 0 Å². The molecule has 2 nitrogen and oxygen atoms in total. The van der Waals surface area contributed by atoms with Gasteiger partial charge < -0.3 is 9.15 Å². The van der Waals surface area contributed by atoms with Gasteiger partial charge in [0.05, 0.1) is 0 Å². The van der Waals surface area contributed by atoms with Crippen LogP contribution in [-0.2, 0) is 0 Å². The molecule has 182 valence electrons. The Morgan fingerprint density at radius 3 is 2.18 bits per heavy atom. The third-order valence-electron chi connectivity index (χ3n) is 8.35. The summed E-state index contributed by atoms with van der Waals surface area (Å²) < 4.78 is 12.9. The number of hydrogen-bond acceptors (Lipinski definition) is 2. The van der Waals surface area contributed by atoms with Crippen LogP contribution in [-0.4, -0.2) is 0 Å². The highest BCUT2D eigenvalue weighted by Crippen LogP contribution is 2.58. The molecule has 1 aliphatic heterocycles. The van der Waals surface area contributed by atoms with Crippen molar-refractivity contribution < 1.29 is 9.15 Å². The second-order valence-corrected chi connectivity index (χ2v) is 10.5. The minimum Gasteiger partial charge on any atom is -0.457 e. The maximum absolute atomic E-state index is 6.55. The zero-order valence-electron chi connectivity index (χ0n) is 21.0. The van der Waals surface area contributed by atoms with Gasteiger partial charge in [0.1, 0.15) is 22.7 Å². The molecule has 0 saturated carbocycles. The number of benzene rings is 6. The maximum atomic E-state index is 6.55. The Labute approximate surface area is 225 Å². The first-order chi connectivity index (χ1) is 19.3. The van der Waals surface area contributed by atoms with Gasteiger partial charge in [-0.2, -0.15) is 0 Å². The van der Waals surface area contributed by atoms with Crippen molar-refractivity contribution in [3.8, 4) is 44.9 Å². The number of ether oxygens (including phenoxy) is 1. The first kappa shape index (κ1) is 20.9. The van der Waals surface area contributed by atoms with E-state index in [1.807, 2.05) is 12.1 Å². The second kappa shape index (κ2) is 7.72. The molecule has 39 heavy (non-hydrogen) atoms. The fraction of sp³-hybridized carbons (Fsp3) is 0.0270. The molecule has 2 aliphatic rings. The van der Waals surface area contributed by atoms with Crippen molar-refractivity contribution in [3.05, 3.63) is 144 Å². The molecule has 0 bridgehead atoms. The largest absolute Gasteiger partial charge is 0.457 e. The van der Waals surface area contributed by atoms with Gasteiger partial charge in [-0.1, -0.05) is 97.1 Å². The second-order valence-electron chi connectivity index (χ2n) is 10.5. The van der Waals surface area contributed by atoms with Gasteiger partial charge in [0.2, 0.25) is 0 Å². The standard InChI is InChI=1S/C37H22O2/c1-2-13-28-26(11-1)31-20-24(21-34-36(31)35(28)30-14-4-6-18-33(30)38-34)22-9-7-10-23(19-22)25-15-8-16-29-27-12-3-5-17-32(27)39-37(25)29/h1-21,35H. The van der Waals surface area contributed by atoms with Crippen LogP contribution >= 0.6 is 0 Å². The fourth-order valence-electron chi connectivity index (χ4n) is 6.64. The first-order valence-electron chi connectivity index (χ1n) is 13.4. The smallest absolute Gasteiger partial charge is 0.143 e. The molecule has 2 heterocycles. The molecule has 9 rings (SSSR count). The van der Waals surface area contributed by atoms with E-state index in [9.17, 15) is 0 Å². The van der Waals surface area contributed by atoms with Crippen molar-refractivity contribution in [1.29, 1.82) is 0 Å². The summed E-state index contributed by atoms with van der Waals surface area (Å²) in [5.74, 6) is 2.11. The van der Waals surface area contributed by atoms with E-state index >= 15 is 0 Å². The molecule has 6 aromatic carbocycles. The lowest BCUT2D eigenvalue weighted by Gasteiger charge is -2.26. The van der Waals surface area contributed by atoms with Crippen molar-refractivity contribution in [2.75, 3.05) is 0 Å². The molecule has 7 aromatic rings. The third-order valence-corrected chi connectivity index (χ3v) is 8.35. The summed E-state index contributed by atoms with van der Waals surface area (Å²) in [5.41, 5.74) is 12.8. The Morgan fingerprint density at radius 2 is 1.21 bits per heavy atom. The van der Waals surface area contributed by atoms with Crippen LogP contribution in [0.4, 0.5) is 0 Å². The van der Waals surface area contributed by atoms with Gasteiger partial charge in [0, 0.05) is 33.4 Å². The van der Waals surface area contributed by atoms with Crippen LogP contribution in [0.3, 0.4) is 0 Å². The van der Waals surface area contributed by atoms with Crippen molar-refractivity contribution in [1.82, 2.24) is 0 Å². The highest BCUT2D eigenvalue weighted by molar-refractivity contribution is 6.09. The Kier molecular flexibility index (Phi) is 4.14. The Bertz CT molecular complexity index is 2110. The van der Waals surface area contributed by atoms with E-state index in [-0.39, 0.29) is 5.92 Å². The molecule has 1 aliphatic carbocycles. The van der Waals surface area contributed by atoms with E-state index in [4.69, 9.17) is 9.15 Å². The summed E-state index contributed by atoms with van der Waals surface area (Å²) >= 11 is 0. The molecule has 1 aromatic heterocycles. The number of hydrogen-bond donors (Lipinski definition) is 0. The molecule has 0 fully saturated rings. The third kappa shape index (κ3) is 2.91. The van der Waals surface area contributed by atoms with Gasteiger partial charge >= 0.3 is 0 Å². The molecule has 0 amide bonds. The maximum Gasteiger partial charge on any atom is 0.143 e. The lowest BCUT2D eigenvalue weighted by atomic mass is 9.86. The Hall–Kier alpha value is -5.08. The van der Waals surface area contributed by atoms with Gasteiger partial charge in [-0.25, -0.2) is 0 Å². The zero-order valence-corrected chi connectivity index (χ0v) is 21.0. The van der Waals surface area contributed by atoms with E-state index in [0.29, 0.717) is 0 Å². The topological polar surface area (TPSA) is 22.4 Å². The lowest BCUT2D eigenvalue weighted by Crippen LogP contribution is -2.08. The van der Waals surface area contributed by atoms with Crippen LogP contribution in [0.2, 0.25) is 0 Å². The average Bonchev–Trinajstić information content (AvgIpc) is 3.54. The van der Waals surface area contributed by atoms with Crippen LogP contribution in [0.1, 0.15) is 22.6 Å². The summed E-state index contributed by atoms with van der Waals surface area (Å²) in [6.07, 6.45) is 0. The Morgan fingerprint density at radius 1 is 0.462 bits per heavy atom. The minimum atomic E-state index is 0.210. The van der Waals surface area contributed by atoms with Crippen molar-refractivity contribution in [2.24, 2.45) is 0 Å². The van der Waals surface area contributed by atoms with Crippen LogP contribution in [0, 0.1) is 0 Å². The first-order valence-corrected chi connectivity index (χ1v) is 13.4. The number of fused-ring (bicyclic) bond motifs is 8. The summed E-state index contributed by atoms with van der Waals surface area (Å²) in [6, 6.07) is 45.2. The average molecular weight is 499 g/mol. The van der Waals surface area contributed by atoms with Gasteiger partial charge in [0.25, 0.3) is 0 Å². The van der Waals surface area contributed by atoms with Crippen molar-refractivity contribution >= 4 is 21.9 Å². The summed E-state index contributed by atoms with van der Waals surface area (Å²) in [6.45, 7) is 0. The van der Waals surface area contributed by atoms with E-state index < -0.39 is 0 Å². The quantitative estimate of drug-likeness (QED) is 0.237. The fourth-order valence-corrected chi connectivity index (χ4v) is 6.64. The number of rotatable bonds is 2. The SMILES string of the molecule is c1cc(-c2cc3c4c(c2)-c2ccccc2C4c2ccccc2O3)cc(-c2cccc3c2oc2ccccc23)c1. The van der Waals surface area contributed by atoms with E-state index in [1.165, 1.54) is 27.8 Å². The van der Waals surface area contributed by atoms with Crippen LogP contribution in [0.5, 0.6) is 11.5 Å². The normalized spacial score (nSPS) is 14.6. The van der Waals surface area contributed by atoms with Crippen LogP contribution < -0.4 is 4.74 Å². The predicted molar refractivity (Wildman–Crippen MR) is 157 cm³/mol. The Balaban J connectivity index is 1.24. The molecule has 0 radical (unpaired) electrons. The highest BCUT2D eigenvalue weighted by atomic mass is 16.5. The summed E-state index contributed by atoms with van der Waals surface area (Å²) in [4.78, 5) is 0. The van der Waals surface area contributed by atoms with E-state index in [0.717, 1.165) is 55.7 Å². The number of para-hydroxylation sites is 3. The monoisotopic (exact) mass is 498 g/mol. The zero-order chi connectivity index (χ0) is 25.5. The lowest BCUT2D eigenvalue weighted by molar-refractivity contribution is 0.455. The minimum absolute atomic E-state index is 0.210. The van der Waals surface area contributed by atoms with E-state index in [1.54, 1.807) is 0 Å². The highest BCUT2D eigenvalue weighted by Gasteiger charge is 2.37. The summed E-state index contributed by atoms with van der Waals surface area (Å²) in [7, 11) is 0. The van der Waals surface area contributed by atoms with Crippen molar-refractivity contribution in [2.45, 2.75) is 5.92 Å².